The average molecular weight is 170 g/mol. The van der Waals surface area contributed by atoms with E-state index in [1.165, 1.54) is 22.2 Å². The van der Waals surface area contributed by atoms with E-state index in [4.69, 9.17) is 0 Å². The van der Waals surface area contributed by atoms with E-state index < -0.39 is 0 Å². The predicted octanol–water partition coefficient (Wildman–Crippen LogP) is 2.20. The van der Waals surface area contributed by atoms with Crippen LogP contribution in [-0.4, -0.2) is 11.5 Å². The predicted molar refractivity (Wildman–Crippen MR) is 53.9 cm³/mol. The van der Waals surface area contributed by atoms with Crippen LogP contribution in [0.3, 0.4) is 0 Å². The number of pyridine rings is 1. The molecule has 1 aromatic carbocycles. The lowest BCUT2D eigenvalue weighted by Crippen LogP contribution is -1.91. The molecule has 2 heterocycles. The normalized spacial score (nSPS) is 14.2. The summed E-state index contributed by atoms with van der Waals surface area (Å²) >= 11 is 0. The smallest absolute Gasteiger partial charge is 0.0658 e. The van der Waals surface area contributed by atoms with Gasteiger partial charge in [-0.15, -0.1) is 0 Å². The minimum absolute atomic E-state index is 1.02. The van der Waals surface area contributed by atoms with Crippen molar-refractivity contribution in [1.82, 2.24) is 4.98 Å². The van der Waals surface area contributed by atoms with Gasteiger partial charge in [-0.3, -0.25) is 4.98 Å². The summed E-state index contributed by atoms with van der Waals surface area (Å²) in [5.74, 6) is 0. The molecule has 0 aliphatic carbocycles. The van der Waals surface area contributed by atoms with E-state index in [1.54, 1.807) is 0 Å². The summed E-state index contributed by atoms with van der Waals surface area (Å²) in [5.41, 5.74) is 2.44. The number of anilines is 1. The molecule has 0 radical (unpaired) electrons. The molecule has 0 atom stereocenters. The highest BCUT2D eigenvalue weighted by Gasteiger charge is 2.13. The molecular weight excluding hydrogens is 160 g/mol. The molecule has 2 nitrogen and oxygen atoms in total. The number of benzene rings is 1. The van der Waals surface area contributed by atoms with Crippen LogP contribution >= 0.6 is 0 Å². The summed E-state index contributed by atoms with van der Waals surface area (Å²) in [6.07, 6.45) is 3.02. The molecule has 0 fully saturated rings. The van der Waals surface area contributed by atoms with Crippen LogP contribution in [0.25, 0.3) is 10.8 Å². The fourth-order valence-electron chi connectivity index (χ4n) is 1.90. The SMILES string of the molecule is c1ccc2c3c(ncc2c1)CCN3. The van der Waals surface area contributed by atoms with Crippen LogP contribution in [0.15, 0.2) is 30.5 Å². The van der Waals surface area contributed by atoms with Gasteiger partial charge in [0.25, 0.3) is 0 Å². The zero-order valence-electron chi connectivity index (χ0n) is 7.25. The van der Waals surface area contributed by atoms with Crippen LogP contribution in [-0.2, 0) is 6.42 Å². The first-order chi connectivity index (χ1) is 6.45. The number of nitrogens with zero attached hydrogens (tertiary/aromatic N) is 1. The second-order valence-electron chi connectivity index (χ2n) is 3.34. The number of fused-ring (bicyclic) bond motifs is 3. The van der Waals surface area contributed by atoms with Crippen molar-refractivity contribution in [1.29, 1.82) is 0 Å². The van der Waals surface area contributed by atoms with Gasteiger partial charge in [-0.25, -0.2) is 0 Å². The maximum Gasteiger partial charge on any atom is 0.0658 e. The Hall–Kier alpha value is -1.57. The lowest BCUT2D eigenvalue weighted by Gasteiger charge is -2.03. The number of rotatable bonds is 0. The molecule has 1 aromatic heterocycles. The molecule has 0 saturated heterocycles. The van der Waals surface area contributed by atoms with E-state index in [9.17, 15) is 0 Å². The fourth-order valence-corrected chi connectivity index (χ4v) is 1.90. The summed E-state index contributed by atoms with van der Waals surface area (Å²) in [7, 11) is 0. The van der Waals surface area contributed by atoms with Crippen molar-refractivity contribution in [2.24, 2.45) is 0 Å². The molecule has 1 N–H and O–H groups in total. The van der Waals surface area contributed by atoms with Crippen molar-refractivity contribution >= 4 is 16.5 Å². The van der Waals surface area contributed by atoms with Gasteiger partial charge in [0, 0.05) is 29.9 Å². The maximum atomic E-state index is 4.42. The van der Waals surface area contributed by atoms with E-state index in [0.717, 1.165) is 13.0 Å². The van der Waals surface area contributed by atoms with Crippen molar-refractivity contribution in [3.8, 4) is 0 Å². The Morgan fingerprint density at radius 2 is 2.15 bits per heavy atom. The summed E-state index contributed by atoms with van der Waals surface area (Å²) in [6.45, 7) is 1.02. The van der Waals surface area contributed by atoms with Gasteiger partial charge in [0.1, 0.15) is 0 Å². The Kier molecular flexibility index (Phi) is 1.30. The summed E-state index contributed by atoms with van der Waals surface area (Å²) < 4.78 is 0. The van der Waals surface area contributed by atoms with Gasteiger partial charge in [-0.1, -0.05) is 24.3 Å². The Bertz CT molecular complexity index is 463. The van der Waals surface area contributed by atoms with E-state index in [2.05, 4.69) is 28.5 Å². The average Bonchev–Trinajstić information content (AvgIpc) is 2.65. The van der Waals surface area contributed by atoms with Crippen molar-refractivity contribution in [2.45, 2.75) is 6.42 Å². The second-order valence-corrected chi connectivity index (χ2v) is 3.34. The molecule has 2 aromatic rings. The maximum absolute atomic E-state index is 4.42. The molecule has 1 aliphatic rings. The number of hydrogen-bond donors (Lipinski definition) is 1. The van der Waals surface area contributed by atoms with Gasteiger partial charge in [0.15, 0.2) is 0 Å². The lowest BCUT2D eigenvalue weighted by atomic mass is 10.1. The van der Waals surface area contributed by atoms with Gasteiger partial charge in [0.05, 0.1) is 11.4 Å². The monoisotopic (exact) mass is 170 g/mol. The first-order valence-electron chi connectivity index (χ1n) is 4.55. The molecule has 0 saturated carbocycles. The first kappa shape index (κ1) is 6.89. The van der Waals surface area contributed by atoms with Crippen molar-refractivity contribution in [3.63, 3.8) is 0 Å². The van der Waals surface area contributed by atoms with Gasteiger partial charge in [-0.05, 0) is 0 Å². The van der Waals surface area contributed by atoms with Crippen molar-refractivity contribution in [3.05, 3.63) is 36.2 Å². The third kappa shape index (κ3) is 0.917. The van der Waals surface area contributed by atoms with E-state index in [-0.39, 0.29) is 0 Å². The third-order valence-electron chi connectivity index (χ3n) is 2.54. The van der Waals surface area contributed by atoms with Crippen LogP contribution < -0.4 is 5.32 Å². The van der Waals surface area contributed by atoms with Crippen LogP contribution in [0.5, 0.6) is 0 Å². The molecule has 0 bridgehead atoms. The molecule has 0 amide bonds. The van der Waals surface area contributed by atoms with Gasteiger partial charge in [0.2, 0.25) is 0 Å². The summed E-state index contributed by atoms with van der Waals surface area (Å²) in [6, 6.07) is 8.37. The summed E-state index contributed by atoms with van der Waals surface area (Å²) in [5, 5.41) is 5.90. The number of nitrogens with one attached hydrogen (secondary N) is 1. The van der Waals surface area contributed by atoms with E-state index in [1.807, 2.05) is 12.3 Å². The van der Waals surface area contributed by atoms with Gasteiger partial charge >= 0.3 is 0 Å². The number of aromatic nitrogens is 1. The zero-order chi connectivity index (χ0) is 8.67. The second kappa shape index (κ2) is 2.46. The Balaban J connectivity index is 2.43. The van der Waals surface area contributed by atoms with Crippen LogP contribution in [0.4, 0.5) is 5.69 Å². The highest BCUT2D eigenvalue weighted by Crippen LogP contribution is 2.28. The van der Waals surface area contributed by atoms with Gasteiger partial charge < -0.3 is 5.32 Å². The molecular formula is C11H10N2. The highest BCUT2D eigenvalue weighted by molar-refractivity contribution is 5.95. The molecule has 0 unspecified atom stereocenters. The van der Waals surface area contributed by atoms with Crippen molar-refractivity contribution in [2.75, 3.05) is 11.9 Å². The topological polar surface area (TPSA) is 24.9 Å². The third-order valence-corrected chi connectivity index (χ3v) is 2.54. The molecule has 0 spiro atoms. The standard InChI is InChI=1S/C11H10N2/c1-2-4-9-8(3-1)7-13-10-5-6-12-11(9)10/h1-4,7,12H,5-6H2. The Morgan fingerprint density at radius 3 is 3.15 bits per heavy atom. The van der Waals surface area contributed by atoms with E-state index in [0.29, 0.717) is 0 Å². The Labute approximate surface area is 76.6 Å². The van der Waals surface area contributed by atoms with Crippen LogP contribution in [0.1, 0.15) is 5.69 Å². The number of hydrogen-bond acceptors (Lipinski definition) is 2. The van der Waals surface area contributed by atoms with Crippen molar-refractivity contribution < 1.29 is 0 Å². The lowest BCUT2D eigenvalue weighted by molar-refractivity contribution is 1.05. The van der Waals surface area contributed by atoms with Gasteiger partial charge in [-0.2, -0.15) is 0 Å². The molecule has 3 rings (SSSR count). The zero-order valence-corrected chi connectivity index (χ0v) is 7.25. The summed E-state index contributed by atoms with van der Waals surface area (Å²) in [4.78, 5) is 4.42. The first-order valence-corrected chi connectivity index (χ1v) is 4.55. The molecule has 64 valence electrons. The van der Waals surface area contributed by atoms with Crippen LogP contribution in [0, 0.1) is 0 Å². The molecule has 13 heavy (non-hydrogen) atoms. The minimum atomic E-state index is 1.02. The molecule has 1 aliphatic heterocycles. The van der Waals surface area contributed by atoms with E-state index >= 15 is 0 Å². The molecule has 2 heteroatoms. The fraction of sp³-hybridized carbons (Fsp3) is 0.182. The minimum Gasteiger partial charge on any atom is -0.383 e. The van der Waals surface area contributed by atoms with Crippen LogP contribution in [0.2, 0.25) is 0 Å². The quantitative estimate of drug-likeness (QED) is 0.655. The largest absolute Gasteiger partial charge is 0.383 e. The highest BCUT2D eigenvalue weighted by atomic mass is 14.9. The Morgan fingerprint density at radius 1 is 1.23 bits per heavy atom.